The van der Waals surface area contributed by atoms with Crippen LogP contribution in [-0.2, 0) is 0 Å². The van der Waals surface area contributed by atoms with Crippen molar-refractivity contribution in [2.45, 2.75) is 24.9 Å². The zero-order valence-electron chi connectivity index (χ0n) is 14.1. The van der Waals surface area contributed by atoms with Crippen LogP contribution in [0.5, 0.6) is 0 Å². The average Bonchev–Trinajstić information content (AvgIpc) is 2.53. The summed E-state index contributed by atoms with van der Waals surface area (Å²) in [6.45, 7) is 6.74. The quantitative estimate of drug-likeness (QED) is 0.473. The van der Waals surface area contributed by atoms with Crippen molar-refractivity contribution in [3.05, 3.63) is 23.5 Å². The van der Waals surface area contributed by atoms with E-state index in [1.165, 1.54) is 12.1 Å². The van der Waals surface area contributed by atoms with Gasteiger partial charge in [0.1, 0.15) is 5.82 Å². The van der Waals surface area contributed by atoms with Crippen molar-refractivity contribution in [1.82, 2.24) is 10.2 Å². The molecule has 0 radical (unpaired) electrons. The Morgan fingerprint density at radius 1 is 1.24 bits per heavy atom. The summed E-state index contributed by atoms with van der Waals surface area (Å²) in [6, 6.07) is 2.84. The number of hydrogen-bond donors (Lipinski definition) is 1. The number of anilines is 1. The maximum atomic E-state index is 14.3. The van der Waals surface area contributed by atoms with E-state index in [1.54, 1.807) is 6.92 Å². The number of rotatable bonds is 4. The molecule has 0 spiro atoms. The lowest BCUT2D eigenvalue weighted by molar-refractivity contribution is -0.105. The summed E-state index contributed by atoms with van der Waals surface area (Å²) in [5.41, 5.74) is 0.867. The topological polar surface area (TPSA) is 18.5 Å². The SMILES string of the molecule is CCNC(=S)N1CCN(c2cc(SCC(F)(F)F)c(C)cc2F)CC1. The van der Waals surface area contributed by atoms with Crippen LogP contribution in [0.4, 0.5) is 23.2 Å². The first-order valence-electron chi connectivity index (χ1n) is 7.98. The summed E-state index contributed by atoms with van der Waals surface area (Å²) < 4.78 is 51.7. The van der Waals surface area contributed by atoms with Gasteiger partial charge in [-0.05, 0) is 43.8 Å². The molecular formula is C16H21F4N3S2. The highest BCUT2D eigenvalue weighted by molar-refractivity contribution is 7.99. The van der Waals surface area contributed by atoms with Crippen molar-refractivity contribution < 1.29 is 17.6 Å². The van der Waals surface area contributed by atoms with E-state index in [0.717, 1.165) is 6.54 Å². The molecule has 0 aliphatic carbocycles. The first-order valence-corrected chi connectivity index (χ1v) is 9.38. The minimum absolute atomic E-state index is 0.351. The minimum atomic E-state index is -4.25. The number of thioether (sulfide) groups is 1. The molecule has 25 heavy (non-hydrogen) atoms. The largest absolute Gasteiger partial charge is 0.398 e. The number of aryl methyl sites for hydroxylation is 1. The predicted octanol–water partition coefficient (Wildman–Crippen LogP) is 3.80. The summed E-state index contributed by atoms with van der Waals surface area (Å²) >= 11 is 5.97. The molecule has 0 aromatic heterocycles. The van der Waals surface area contributed by atoms with E-state index < -0.39 is 17.7 Å². The highest BCUT2D eigenvalue weighted by atomic mass is 32.2. The fraction of sp³-hybridized carbons (Fsp3) is 0.562. The third-order valence-corrected chi connectivity index (χ3v) is 5.50. The van der Waals surface area contributed by atoms with Crippen molar-refractivity contribution in [3.8, 4) is 0 Å². The smallest absolute Gasteiger partial charge is 0.366 e. The van der Waals surface area contributed by atoms with Gasteiger partial charge in [-0.15, -0.1) is 11.8 Å². The summed E-state index contributed by atoms with van der Waals surface area (Å²) in [6.07, 6.45) is -4.25. The lowest BCUT2D eigenvalue weighted by atomic mass is 10.2. The summed E-state index contributed by atoms with van der Waals surface area (Å²) in [4.78, 5) is 4.33. The van der Waals surface area contributed by atoms with E-state index in [2.05, 4.69) is 5.32 Å². The van der Waals surface area contributed by atoms with Crippen LogP contribution in [0.25, 0.3) is 0 Å². The molecule has 1 aromatic carbocycles. The van der Waals surface area contributed by atoms with Gasteiger partial charge in [0, 0.05) is 37.6 Å². The standard InChI is InChI=1S/C16H21F4N3S2/c1-3-21-15(24)23-6-4-22(5-7-23)13-9-14(11(2)8-12(13)17)25-10-16(18,19)20/h8-9H,3-7,10H2,1-2H3,(H,21,24). The van der Waals surface area contributed by atoms with E-state index in [-0.39, 0.29) is 0 Å². The van der Waals surface area contributed by atoms with E-state index in [0.29, 0.717) is 59.2 Å². The summed E-state index contributed by atoms with van der Waals surface area (Å²) in [5.74, 6) is -1.39. The number of piperazine rings is 1. The number of nitrogens with zero attached hydrogens (tertiary/aromatic N) is 2. The van der Waals surface area contributed by atoms with Gasteiger partial charge in [-0.25, -0.2) is 4.39 Å². The fourth-order valence-electron chi connectivity index (χ4n) is 2.61. The Hall–Kier alpha value is -1.22. The van der Waals surface area contributed by atoms with E-state index in [9.17, 15) is 17.6 Å². The van der Waals surface area contributed by atoms with Crippen LogP contribution in [0.3, 0.4) is 0 Å². The van der Waals surface area contributed by atoms with Crippen LogP contribution in [0.15, 0.2) is 17.0 Å². The molecule has 1 aliphatic heterocycles. The van der Waals surface area contributed by atoms with Gasteiger partial charge in [0.25, 0.3) is 0 Å². The van der Waals surface area contributed by atoms with Gasteiger partial charge in [-0.3, -0.25) is 0 Å². The zero-order chi connectivity index (χ0) is 18.6. The average molecular weight is 395 g/mol. The third-order valence-electron chi connectivity index (χ3n) is 3.87. The number of halogens is 4. The second-order valence-corrected chi connectivity index (χ2v) is 7.19. The number of nitrogens with one attached hydrogen (secondary N) is 1. The van der Waals surface area contributed by atoms with Crippen LogP contribution in [0.2, 0.25) is 0 Å². The maximum Gasteiger partial charge on any atom is 0.398 e. The predicted molar refractivity (Wildman–Crippen MR) is 98.0 cm³/mol. The molecule has 0 amide bonds. The Balaban J connectivity index is 2.08. The Bertz CT molecular complexity index is 614. The van der Waals surface area contributed by atoms with E-state index in [1.807, 2.05) is 16.7 Å². The van der Waals surface area contributed by atoms with E-state index >= 15 is 0 Å². The highest BCUT2D eigenvalue weighted by Gasteiger charge is 2.28. The van der Waals surface area contributed by atoms with Crippen molar-refractivity contribution in [2.24, 2.45) is 0 Å². The Morgan fingerprint density at radius 3 is 2.44 bits per heavy atom. The molecule has 1 aliphatic rings. The number of thiocarbonyl (C=S) groups is 1. The fourth-order valence-corrected chi connectivity index (χ4v) is 3.74. The van der Waals surface area contributed by atoms with Crippen LogP contribution in [0, 0.1) is 12.7 Å². The molecule has 0 atom stereocenters. The lowest BCUT2D eigenvalue weighted by Crippen LogP contribution is -2.51. The molecule has 1 N–H and O–H groups in total. The van der Waals surface area contributed by atoms with Crippen molar-refractivity contribution >= 4 is 34.8 Å². The molecule has 1 heterocycles. The highest BCUT2D eigenvalue weighted by Crippen LogP contribution is 2.34. The lowest BCUT2D eigenvalue weighted by Gasteiger charge is -2.37. The molecule has 1 aromatic rings. The first-order chi connectivity index (χ1) is 11.7. The molecule has 0 saturated carbocycles. The molecule has 0 bridgehead atoms. The third kappa shape index (κ3) is 5.64. The van der Waals surface area contributed by atoms with Gasteiger partial charge >= 0.3 is 6.18 Å². The second-order valence-electron chi connectivity index (χ2n) is 5.78. The summed E-state index contributed by atoms with van der Waals surface area (Å²) in [7, 11) is 0. The number of alkyl halides is 3. The van der Waals surface area contributed by atoms with Crippen molar-refractivity contribution in [3.63, 3.8) is 0 Å². The normalized spacial score (nSPS) is 15.4. The molecule has 9 heteroatoms. The van der Waals surface area contributed by atoms with E-state index in [4.69, 9.17) is 12.2 Å². The molecule has 1 fully saturated rings. The van der Waals surface area contributed by atoms with Crippen LogP contribution < -0.4 is 10.2 Å². The second kappa shape index (κ2) is 8.44. The molecule has 1 saturated heterocycles. The van der Waals surface area contributed by atoms with Crippen LogP contribution in [0.1, 0.15) is 12.5 Å². The molecular weight excluding hydrogens is 374 g/mol. The summed E-state index contributed by atoms with van der Waals surface area (Å²) in [5, 5.41) is 3.76. The maximum absolute atomic E-state index is 14.3. The Labute approximate surface area is 154 Å². The minimum Gasteiger partial charge on any atom is -0.366 e. The van der Waals surface area contributed by atoms with Gasteiger partial charge in [-0.1, -0.05) is 0 Å². The van der Waals surface area contributed by atoms with Gasteiger partial charge in [-0.2, -0.15) is 13.2 Å². The van der Waals surface area contributed by atoms with Crippen LogP contribution >= 0.6 is 24.0 Å². The molecule has 3 nitrogen and oxygen atoms in total. The first kappa shape index (κ1) is 20.1. The van der Waals surface area contributed by atoms with Crippen molar-refractivity contribution in [1.29, 1.82) is 0 Å². The van der Waals surface area contributed by atoms with Gasteiger partial charge in [0.15, 0.2) is 5.11 Å². The number of hydrogen-bond acceptors (Lipinski definition) is 3. The molecule has 0 unspecified atom stereocenters. The van der Waals surface area contributed by atoms with Crippen LogP contribution in [-0.4, -0.2) is 54.7 Å². The molecule has 140 valence electrons. The number of benzene rings is 1. The van der Waals surface area contributed by atoms with Gasteiger partial charge in [0.05, 0.1) is 11.4 Å². The van der Waals surface area contributed by atoms with Gasteiger partial charge < -0.3 is 15.1 Å². The van der Waals surface area contributed by atoms with Crippen molar-refractivity contribution in [2.75, 3.05) is 43.4 Å². The Morgan fingerprint density at radius 2 is 1.88 bits per heavy atom. The Kier molecular flexibility index (Phi) is 6.79. The van der Waals surface area contributed by atoms with Gasteiger partial charge in [0.2, 0.25) is 0 Å². The molecule has 2 rings (SSSR count). The monoisotopic (exact) mass is 395 g/mol. The zero-order valence-corrected chi connectivity index (χ0v) is 15.8.